The molecule has 0 aliphatic heterocycles. The topological polar surface area (TPSA) is 94.3 Å². The number of aromatic nitrogens is 1. The number of ether oxygens (including phenoxy) is 1. The number of anilines is 1. The zero-order chi connectivity index (χ0) is 19.5. The van der Waals surface area contributed by atoms with Gasteiger partial charge in [0.25, 0.3) is 5.91 Å². The van der Waals surface area contributed by atoms with Crippen LogP contribution >= 0.6 is 0 Å². The van der Waals surface area contributed by atoms with E-state index in [9.17, 15) is 27.2 Å². The summed E-state index contributed by atoms with van der Waals surface area (Å²) in [5.41, 5.74) is 5.74. The molecule has 0 spiro atoms. The Balaban J connectivity index is 2.13. The predicted molar refractivity (Wildman–Crippen MR) is 82.4 cm³/mol. The largest absolute Gasteiger partial charge is 0.490 e. The first-order chi connectivity index (χ1) is 12.1. The van der Waals surface area contributed by atoms with Crippen LogP contribution in [0.1, 0.15) is 27.7 Å². The highest BCUT2D eigenvalue weighted by Gasteiger charge is 2.42. The summed E-state index contributed by atoms with van der Waals surface area (Å²) in [7, 11) is 0. The van der Waals surface area contributed by atoms with Crippen molar-refractivity contribution in [2.45, 2.75) is 19.3 Å². The molecule has 2 aromatic rings. The Labute approximate surface area is 145 Å². The van der Waals surface area contributed by atoms with E-state index in [1.165, 1.54) is 24.3 Å². The van der Waals surface area contributed by atoms with Crippen molar-refractivity contribution in [3.63, 3.8) is 0 Å². The molecule has 26 heavy (non-hydrogen) atoms. The summed E-state index contributed by atoms with van der Waals surface area (Å²) in [6.45, 7) is 1.65. The standard InChI is InChI=1S/C16H13F4N3O3/c1-8-2-3-10(11(17)6-8)14(24)23-12-7-9(4-5-22-12)13(21)26-15(25)16(18,19)20/h2-7,13H,21H2,1H3,(H,22,23,24). The van der Waals surface area contributed by atoms with E-state index in [2.05, 4.69) is 15.0 Å². The minimum atomic E-state index is -5.19. The number of amides is 1. The van der Waals surface area contributed by atoms with Crippen LogP contribution in [0.25, 0.3) is 0 Å². The number of carbonyl (C=O) groups is 2. The Kier molecular flexibility index (Phi) is 5.56. The van der Waals surface area contributed by atoms with Crippen molar-refractivity contribution in [3.8, 4) is 0 Å². The Morgan fingerprint density at radius 3 is 2.54 bits per heavy atom. The lowest BCUT2D eigenvalue weighted by Gasteiger charge is -2.15. The maximum atomic E-state index is 13.8. The van der Waals surface area contributed by atoms with E-state index in [1.807, 2.05) is 0 Å². The number of benzene rings is 1. The minimum Gasteiger partial charge on any atom is -0.436 e. The molecule has 1 amide bonds. The van der Waals surface area contributed by atoms with E-state index in [0.29, 0.717) is 5.56 Å². The van der Waals surface area contributed by atoms with Crippen LogP contribution in [-0.4, -0.2) is 23.0 Å². The maximum absolute atomic E-state index is 13.8. The molecule has 0 aliphatic carbocycles. The molecule has 3 N–H and O–H groups in total. The highest BCUT2D eigenvalue weighted by atomic mass is 19.4. The number of pyridine rings is 1. The summed E-state index contributed by atoms with van der Waals surface area (Å²) in [6, 6.07) is 6.30. The molecule has 1 unspecified atom stereocenters. The van der Waals surface area contributed by atoms with Crippen molar-refractivity contribution in [2.24, 2.45) is 5.73 Å². The Hall–Kier alpha value is -3.01. The highest BCUT2D eigenvalue weighted by molar-refractivity contribution is 6.04. The number of nitrogens with one attached hydrogen (secondary N) is 1. The molecule has 0 bridgehead atoms. The number of hydrogen-bond acceptors (Lipinski definition) is 5. The maximum Gasteiger partial charge on any atom is 0.490 e. The summed E-state index contributed by atoms with van der Waals surface area (Å²) in [4.78, 5) is 26.7. The van der Waals surface area contributed by atoms with Crippen LogP contribution in [0, 0.1) is 12.7 Å². The van der Waals surface area contributed by atoms with Crippen LogP contribution in [-0.2, 0) is 9.53 Å². The highest BCUT2D eigenvalue weighted by Crippen LogP contribution is 2.22. The summed E-state index contributed by atoms with van der Waals surface area (Å²) in [6.07, 6.45) is -5.78. The molecule has 0 saturated carbocycles. The molecule has 0 aliphatic rings. The van der Waals surface area contributed by atoms with Gasteiger partial charge in [0.15, 0.2) is 6.23 Å². The van der Waals surface area contributed by atoms with Gasteiger partial charge in [-0.25, -0.2) is 14.2 Å². The Morgan fingerprint density at radius 1 is 1.23 bits per heavy atom. The van der Waals surface area contributed by atoms with Gasteiger partial charge >= 0.3 is 12.1 Å². The lowest BCUT2D eigenvalue weighted by Crippen LogP contribution is -2.30. The fourth-order valence-corrected chi connectivity index (χ4v) is 1.93. The second kappa shape index (κ2) is 7.48. The van der Waals surface area contributed by atoms with Gasteiger partial charge in [0, 0.05) is 11.8 Å². The summed E-state index contributed by atoms with van der Waals surface area (Å²) >= 11 is 0. The lowest BCUT2D eigenvalue weighted by atomic mass is 10.1. The third kappa shape index (κ3) is 4.76. The second-order valence-corrected chi connectivity index (χ2v) is 5.24. The molecule has 6 nitrogen and oxygen atoms in total. The molecule has 0 saturated heterocycles. The van der Waals surface area contributed by atoms with E-state index in [1.54, 1.807) is 6.92 Å². The number of nitrogens with zero attached hydrogens (tertiary/aromatic N) is 1. The number of carbonyl (C=O) groups excluding carboxylic acids is 2. The molecule has 1 aromatic heterocycles. The van der Waals surface area contributed by atoms with Crippen molar-refractivity contribution in [1.82, 2.24) is 4.98 Å². The molecule has 0 fully saturated rings. The van der Waals surface area contributed by atoms with E-state index in [4.69, 9.17) is 5.73 Å². The Morgan fingerprint density at radius 2 is 1.92 bits per heavy atom. The van der Waals surface area contributed by atoms with E-state index in [-0.39, 0.29) is 16.9 Å². The van der Waals surface area contributed by atoms with E-state index >= 15 is 0 Å². The molecule has 10 heteroatoms. The van der Waals surface area contributed by atoms with Gasteiger partial charge in [-0.15, -0.1) is 0 Å². The molecule has 1 atom stereocenters. The summed E-state index contributed by atoms with van der Waals surface area (Å²) < 4.78 is 54.5. The van der Waals surface area contributed by atoms with Crippen molar-refractivity contribution in [1.29, 1.82) is 0 Å². The second-order valence-electron chi connectivity index (χ2n) is 5.24. The molecule has 1 heterocycles. The van der Waals surface area contributed by atoms with E-state index in [0.717, 1.165) is 12.3 Å². The van der Waals surface area contributed by atoms with Crippen LogP contribution in [0.4, 0.5) is 23.4 Å². The molecular formula is C16H13F4N3O3. The van der Waals surface area contributed by atoms with Crippen molar-refractivity contribution >= 4 is 17.7 Å². The van der Waals surface area contributed by atoms with Crippen molar-refractivity contribution < 1.29 is 31.9 Å². The predicted octanol–water partition coefficient (Wildman–Crippen LogP) is 2.84. The third-order valence-electron chi connectivity index (χ3n) is 3.19. The number of aryl methyl sites for hydroxylation is 1. The smallest absolute Gasteiger partial charge is 0.436 e. The van der Waals surface area contributed by atoms with Gasteiger partial charge in [-0.3, -0.25) is 10.5 Å². The molecule has 2 rings (SSSR count). The number of alkyl halides is 3. The first kappa shape index (κ1) is 19.3. The zero-order valence-corrected chi connectivity index (χ0v) is 13.3. The van der Waals surface area contributed by atoms with Gasteiger partial charge in [0.1, 0.15) is 11.6 Å². The van der Waals surface area contributed by atoms with Gasteiger partial charge in [0.05, 0.1) is 5.56 Å². The van der Waals surface area contributed by atoms with Crippen molar-refractivity contribution in [3.05, 3.63) is 59.0 Å². The molecule has 0 radical (unpaired) electrons. The monoisotopic (exact) mass is 371 g/mol. The number of hydrogen-bond donors (Lipinski definition) is 2. The minimum absolute atomic E-state index is 0.0442. The average molecular weight is 371 g/mol. The Bertz CT molecular complexity index is 840. The van der Waals surface area contributed by atoms with Gasteiger partial charge in [-0.1, -0.05) is 6.07 Å². The lowest BCUT2D eigenvalue weighted by molar-refractivity contribution is -0.205. The number of esters is 1. The van der Waals surface area contributed by atoms with Crippen LogP contribution < -0.4 is 11.1 Å². The third-order valence-corrected chi connectivity index (χ3v) is 3.19. The van der Waals surface area contributed by atoms with Crippen molar-refractivity contribution in [2.75, 3.05) is 5.32 Å². The first-order valence-electron chi connectivity index (χ1n) is 7.15. The van der Waals surface area contributed by atoms with Gasteiger partial charge in [-0.2, -0.15) is 13.2 Å². The number of nitrogens with two attached hydrogens (primary N) is 1. The molecule has 1 aromatic carbocycles. The normalized spacial score (nSPS) is 12.4. The quantitative estimate of drug-likeness (QED) is 0.490. The molecule has 138 valence electrons. The van der Waals surface area contributed by atoms with Crippen LogP contribution in [0.5, 0.6) is 0 Å². The average Bonchev–Trinajstić information content (AvgIpc) is 2.53. The molecular weight excluding hydrogens is 358 g/mol. The van der Waals surface area contributed by atoms with Crippen LogP contribution in [0.2, 0.25) is 0 Å². The van der Waals surface area contributed by atoms with E-state index < -0.39 is 30.1 Å². The van der Waals surface area contributed by atoms with Gasteiger partial charge in [0.2, 0.25) is 0 Å². The zero-order valence-electron chi connectivity index (χ0n) is 13.3. The number of rotatable bonds is 4. The SMILES string of the molecule is Cc1ccc(C(=O)Nc2cc(C(N)OC(=O)C(F)(F)F)ccn2)c(F)c1. The van der Waals surface area contributed by atoms with Gasteiger partial charge < -0.3 is 10.1 Å². The summed E-state index contributed by atoms with van der Waals surface area (Å²) in [5, 5.41) is 2.29. The number of halogens is 4. The van der Waals surface area contributed by atoms with Gasteiger partial charge in [-0.05, 0) is 36.8 Å². The van der Waals surface area contributed by atoms with Crippen LogP contribution in [0.15, 0.2) is 36.5 Å². The fraction of sp³-hybridized carbons (Fsp3) is 0.188. The van der Waals surface area contributed by atoms with Crippen LogP contribution in [0.3, 0.4) is 0 Å². The fourth-order valence-electron chi connectivity index (χ4n) is 1.93. The summed E-state index contributed by atoms with van der Waals surface area (Å²) in [5.74, 6) is -4.11. The first-order valence-corrected chi connectivity index (χ1v) is 7.15.